The fraction of sp³-hybridized carbons (Fsp3) is 0.333. The summed E-state index contributed by atoms with van der Waals surface area (Å²) in [6.45, 7) is 4.33. The highest BCUT2D eigenvalue weighted by molar-refractivity contribution is 7.99. The number of para-hydroxylation sites is 2. The summed E-state index contributed by atoms with van der Waals surface area (Å²) in [5.41, 5.74) is 1.26. The number of amides is 1. The maximum Gasteiger partial charge on any atom is 0.224 e. The van der Waals surface area contributed by atoms with Crippen molar-refractivity contribution < 1.29 is 19.1 Å². The third kappa shape index (κ3) is 5.54. The highest BCUT2D eigenvalue weighted by atomic mass is 32.2. The van der Waals surface area contributed by atoms with Crippen molar-refractivity contribution in [2.75, 3.05) is 17.7 Å². The van der Waals surface area contributed by atoms with Crippen molar-refractivity contribution in [3.8, 4) is 11.5 Å². The number of hydrogen-bond acceptors (Lipinski definition) is 7. The second-order valence-electron chi connectivity index (χ2n) is 8.20. The average Bonchev–Trinajstić information content (AvgIpc) is 3.17. The van der Waals surface area contributed by atoms with Crippen LogP contribution in [0.4, 0.5) is 5.69 Å². The normalized spacial score (nSPS) is 14.8. The van der Waals surface area contributed by atoms with Crippen LogP contribution in [-0.2, 0) is 11.8 Å². The van der Waals surface area contributed by atoms with Crippen LogP contribution in [0.2, 0.25) is 0 Å². The van der Waals surface area contributed by atoms with Gasteiger partial charge in [-0.1, -0.05) is 37.7 Å². The van der Waals surface area contributed by atoms with Gasteiger partial charge in [-0.05, 0) is 42.3 Å². The maximum atomic E-state index is 12.6. The Labute approximate surface area is 196 Å². The molecule has 1 aliphatic rings. The van der Waals surface area contributed by atoms with Gasteiger partial charge in [0, 0.05) is 24.7 Å². The number of Topliss-reactive ketones (excluding diaryl/α,β-unsaturated/α-hetero) is 1. The molecule has 0 fully saturated rings. The summed E-state index contributed by atoms with van der Waals surface area (Å²) in [6, 6.07) is 14.4. The van der Waals surface area contributed by atoms with E-state index in [2.05, 4.69) is 15.5 Å². The van der Waals surface area contributed by atoms with Crippen molar-refractivity contribution in [1.29, 1.82) is 0 Å². The van der Waals surface area contributed by atoms with E-state index in [0.29, 0.717) is 46.8 Å². The van der Waals surface area contributed by atoms with E-state index in [1.807, 2.05) is 49.7 Å². The number of nitrogens with zero attached hydrogens (tertiary/aromatic N) is 3. The fourth-order valence-corrected chi connectivity index (χ4v) is 4.23. The minimum atomic E-state index is -0.374. The highest BCUT2D eigenvalue weighted by Gasteiger charge is 2.27. The molecular weight excluding hydrogens is 440 g/mol. The Kier molecular flexibility index (Phi) is 6.98. The van der Waals surface area contributed by atoms with Gasteiger partial charge in [-0.25, -0.2) is 0 Å². The van der Waals surface area contributed by atoms with Crippen LogP contribution in [0.3, 0.4) is 0 Å². The highest BCUT2D eigenvalue weighted by Crippen LogP contribution is 2.35. The van der Waals surface area contributed by atoms with Crippen LogP contribution in [0.15, 0.2) is 53.7 Å². The smallest absolute Gasteiger partial charge is 0.224 e. The van der Waals surface area contributed by atoms with E-state index in [9.17, 15) is 9.59 Å². The Balaban J connectivity index is 1.34. The van der Waals surface area contributed by atoms with Crippen molar-refractivity contribution in [3.05, 3.63) is 59.9 Å². The minimum Gasteiger partial charge on any atom is -0.485 e. The monoisotopic (exact) mass is 466 g/mol. The lowest BCUT2D eigenvalue weighted by Crippen LogP contribution is -2.24. The van der Waals surface area contributed by atoms with E-state index in [4.69, 9.17) is 9.47 Å². The minimum absolute atomic E-state index is 0.0317. The molecule has 33 heavy (non-hydrogen) atoms. The molecule has 0 saturated carbocycles. The summed E-state index contributed by atoms with van der Waals surface area (Å²) >= 11 is 1.32. The third-order valence-corrected chi connectivity index (χ3v) is 6.10. The Bertz CT molecular complexity index is 1140. The van der Waals surface area contributed by atoms with Gasteiger partial charge in [0.25, 0.3) is 0 Å². The van der Waals surface area contributed by atoms with Gasteiger partial charge in [0.05, 0.1) is 5.75 Å². The quantitative estimate of drug-likeness (QED) is 0.391. The van der Waals surface area contributed by atoms with E-state index in [1.165, 1.54) is 11.8 Å². The summed E-state index contributed by atoms with van der Waals surface area (Å²) in [7, 11) is 1.85. The molecule has 1 aliphatic heterocycles. The summed E-state index contributed by atoms with van der Waals surface area (Å²) < 4.78 is 13.6. The van der Waals surface area contributed by atoms with Crippen LogP contribution >= 0.6 is 11.8 Å². The molecule has 2 aromatic carbocycles. The van der Waals surface area contributed by atoms with Crippen molar-refractivity contribution >= 4 is 29.1 Å². The van der Waals surface area contributed by atoms with Crippen LogP contribution in [0.25, 0.3) is 0 Å². The number of ether oxygens (including phenoxy) is 2. The zero-order chi connectivity index (χ0) is 23.4. The first-order valence-corrected chi connectivity index (χ1v) is 11.7. The lowest BCUT2D eigenvalue weighted by atomic mass is 10.1. The molecule has 172 valence electrons. The first-order valence-electron chi connectivity index (χ1n) is 10.7. The number of anilines is 1. The van der Waals surface area contributed by atoms with Crippen molar-refractivity contribution in [1.82, 2.24) is 14.8 Å². The van der Waals surface area contributed by atoms with Crippen LogP contribution in [0.5, 0.6) is 11.5 Å². The number of thioether (sulfide) groups is 1. The third-order valence-electron chi connectivity index (χ3n) is 5.08. The zero-order valence-electron chi connectivity index (χ0n) is 18.8. The summed E-state index contributed by atoms with van der Waals surface area (Å²) in [5, 5.41) is 12.0. The average molecular weight is 467 g/mol. The Morgan fingerprint density at radius 1 is 1.12 bits per heavy atom. The second kappa shape index (κ2) is 10.1. The number of rotatable bonds is 8. The fourth-order valence-electron chi connectivity index (χ4n) is 3.41. The number of ketones is 1. The van der Waals surface area contributed by atoms with Gasteiger partial charge >= 0.3 is 0 Å². The molecule has 0 bridgehead atoms. The molecule has 1 aromatic heterocycles. The van der Waals surface area contributed by atoms with Crippen molar-refractivity contribution in [2.24, 2.45) is 13.0 Å². The number of hydrogen-bond donors (Lipinski definition) is 1. The van der Waals surface area contributed by atoms with Crippen molar-refractivity contribution in [2.45, 2.75) is 31.5 Å². The first kappa shape index (κ1) is 22.8. The van der Waals surface area contributed by atoms with Gasteiger partial charge < -0.3 is 19.4 Å². The molecule has 1 atom stereocenters. The summed E-state index contributed by atoms with van der Waals surface area (Å²) in [6.07, 6.45) is 0.0857. The number of fused-ring (bicyclic) bond motifs is 1. The zero-order valence-corrected chi connectivity index (χ0v) is 19.6. The van der Waals surface area contributed by atoms with Gasteiger partial charge in [0.15, 0.2) is 34.4 Å². The number of nitrogens with one attached hydrogen (secondary N) is 1. The van der Waals surface area contributed by atoms with Crippen LogP contribution < -0.4 is 14.8 Å². The number of benzene rings is 2. The number of carbonyl (C=O) groups is 2. The van der Waals surface area contributed by atoms with E-state index in [1.54, 1.807) is 24.3 Å². The SMILES string of the molecule is CC(C)CC(=O)Nc1ccc(C(=O)CSc2nnc(C3COc4ccccc4O3)n2C)cc1. The molecule has 0 saturated heterocycles. The predicted molar refractivity (Wildman–Crippen MR) is 126 cm³/mol. The summed E-state index contributed by atoms with van der Waals surface area (Å²) in [4.78, 5) is 24.5. The van der Waals surface area contributed by atoms with Crippen LogP contribution in [-0.4, -0.2) is 38.8 Å². The predicted octanol–water partition coefficient (Wildman–Crippen LogP) is 4.29. The molecule has 0 aliphatic carbocycles. The molecule has 4 rings (SSSR count). The van der Waals surface area contributed by atoms with E-state index >= 15 is 0 Å². The summed E-state index contributed by atoms with van der Waals surface area (Å²) in [5.74, 6) is 2.46. The Morgan fingerprint density at radius 3 is 2.58 bits per heavy atom. The van der Waals surface area contributed by atoms with Gasteiger partial charge in [-0.2, -0.15) is 0 Å². The standard InChI is InChI=1S/C24H26N4O4S/c1-15(2)12-22(30)25-17-10-8-16(9-11-17)18(29)14-33-24-27-26-23(28(24)3)21-13-31-19-6-4-5-7-20(19)32-21/h4-11,15,21H,12-14H2,1-3H3,(H,25,30). The lowest BCUT2D eigenvalue weighted by Gasteiger charge is -2.25. The molecule has 9 heteroatoms. The molecule has 1 unspecified atom stereocenters. The van der Waals surface area contributed by atoms with Gasteiger partial charge in [0.1, 0.15) is 6.61 Å². The molecule has 0 spiro atoms. The van der Waals surface area contributed by atoms with E-state index in [-0.39, 0.29) is 29.5 Å². The molecule has 3 aromatic rings. The molecular formula is C24H26N4O4S. The van der Waals surface area contributed by atoms with Gasteiger partial charge in [-0.15, -0.1) is 10.2 Å². The maximum absolute atomic E-state index is 12.6. The van der Waals surface area contributed by atoms with Gasteiger partial charge in [0.2, 0.25) is 5.91 Å². The Morgan fingerprint density at radius 2 is 1.85 bits per heavy atom. The first-order chi connectivity index (χ1) is 15.9. The molecule has 0 radical (unpaired) electrons. The molecule has 2 heterocycles. The lowest BCUT2D eigenvalue weighted by molar-refractivity contribution is -0.116. The topological polar surface area (TPSA) is 95.3 Å². The molecule has 1 amide bonds. The largest absolute Gasteiger partial charge is 0.485 e. The van der Waals surface area contributed by atoms with Crippen molar-refractivity contribution in [3.63, 3.8) is 0 Å². The molecule has 1 N–H and O–H groups in total. The second-order valence-corrected chi connectivity index (χ2v) is 9.14. The Hall–Kier alpha value is -3.33. The molecule has 8 nitrogen and oxygen atoms in total. The van der Waals surface area contributed by atoms with E-state index < -0.39 is 0 Å². The number of aromatic nitrogens is 3. The van der Waals surface area contributed by atoms with Crippen LogP contribution in [0, 0.1) is 5.92 Å². The van der Waals surface area contributed by atoms with Crippen LogP contribution in [0.1, 0.15) is 42.6 Å². The number of carbonyl (C=O) groups excluding carboxylic acids is 2. The van der Waals surface area contributed by atoms with Gasteiger partial charge in [-0.3, -0.25) is 9.59 Å². The van der Waals surface area contributed by atoms with E-state index in [0.717, 1.165) is 0 Å².